The van der Waals surface area contributed by atoms with Crippen molar-refractivity contribution < 1.29 is 9.53 Å². The van der Waals surface area contributed by atoms with E-state index in [1.165, 1.54) is 6.08 Å². The van der Waals surface area contributed by atoms with Crippen LogP contribution in [0.1, 0.15) is 18.1 Å². The van der Waals surface area contributed by atoms with E-state index < -0.39 is 5.97 Å². The van der Waals surface area contributed by atoms with Crippen molar-refractivity contribution >= 4 is 5.97 Å². The van der Waals surface area contributed by atoms with Gasteiger partial charge in [-0.25, -0.2) is 4.79 Å². The van der Waals surface area contributed by atoms with Crippen LogP contribution in [0.5, 0.6) is 5.75 Å². The number of allylic oxidation sites excluding steroid dienone is 1. The predicted molar refractivity (Wildman–Crippen MR) is 79.3 cm³/mol. The van der Waals surface area contributed by atoms with Crippen LogP contribution in [-0.4, -0.2) is 5.97 Å². The molecule has 0 fully saturated rings. The van der Waals surface area contributed by atoms with Crippen LogP contribution in [0, 0.1) is 11.8 Å². The summed E-state index contributed by atoms with van der Waals surface area (Å²) in [7, 11) is 0. The topological polar surface area (TPSA) is 26.3 Å². The molecule has 2 aromatic carbocycles. The van der Waals surface area contributed by atoms with Crippen molar-refractivity contribution in [2.45, 2.75) is 6.92 Å². The molecule has 0 radical (unpaired) electrons. The van der Waals surface area contributed by atoms with Crippen LogP contribution in [-0.2, 0) is 4.79 Å². The van der Waals surface area contributed by atoms with Gasteiger partial charge in [-0.2, -0.15) is 0 Å². The lowest BCUT2D eigenvalue weighted by Crippen LogP contribution is -2.04. The van der Waals surface area contributed by atoms with Crippen LogP contribution in [0.15, 0.2) is 66.7 Å². The Balaban J connectivity index is 2.25. The first-order chi connectivity index (χ1) is 9.79. The zero-order valence-electron chi connectivity index (χ0n) is 11.2. The van der Waals surface area contributed by atoms with Gasteiger partial charge in [-0.05, 0) is 31.2 Å². The average molecular weight is 262 g/mol. The van der Waals surface area contributed by atoms with Crippen molar-refractivity contribution in [3.8, 4) is 17.6 Å². The molecule has 0 heterocycles. The van der Waals surface area contributed by atoms with Gasteiger partial charge in [0, 0.05) is 11.6 Å². The van der Waals surface area contributed by atoms with E-state index in [4.69, 9.17) is 4.74 Å². The zero-order valence-corrected chi connectivity index (χ0v) is 11.2. The van der Waals surface area contributed by atoms with E-state index in [0.29, 0.717) is 11.3 Å². The summed E-state index contributed by atoms with van der Waals surface area (Å²) in [5.74, 6) is 6.14. The molecule has 0 amide bonds. The Labute approximate surface area is 118 Å². The fourth-order valence-electron chi connectivity index (χ4n) is 1.60. The Morgan fingerprint density at radius 2 is 1.70 bits per heavy atom. The molecule has 0 N–H and O–H groups in total. The van der Waals surface area contributed by atoms with Gasteiger partial charge in [0.05, 0.1) is 5.56 Å². The van der Waals surface area contributed by atoms with Crippen molar-refractivity contribution in [1.29, 1.82) is 0 Å². The van der Waals surface area contributed by atoms with Gasteiger partial charge in [0.2, 0.25) is 0 Å². The molecule has 2 aromatic rings. The highest BCUT2D eigenvalue weighted by atomic mass is 16.5. The Kier molecular flexibility index (Phi) is 4.75. The van der Waals surface area contributed by atoms with E-state index in [-0.39, 0.29) is 0 Å². The number of carbonyl (C=O) groups excluding carboxylic acids is 1. The number of esters is 1. The first-order valence-corrected chi connectivity index (χ1v) is 6.30. The third-order valence-electron chi connectivity index (χ3n) is 2.52. The molecule has 0 aliphatic rings. The van der Waals surface area contributed by atoms with Gasteiger partial charge in [0.1, 0.15) is 5.75 Å². The first-order valence-electron chi connectivity index (χ1n) is 6.30. The first kappa shape index (κ1) is 13.6. The maximum Gasteiger partial charge on any atom is 0.335 e. The van der Waals surface area contributed by atoms with Crippen molar-refractivity contribution in [2.75, 3.05) is 0 Å². The molecule has 0 saturated heterocycles. The Morgan fingerprint density at radius 3 is 2.45 bits per heavy atom. The van der Waals surface area contributed by atoms with E-state index in [1.807, 2.05) is 48.5 Å². The predicted octanol–water partition coefficient (Wildman–Crippen LogP) is 3.57. The molecule has 2 heteroatoms. The summed E-state index contributed by atoms with van der Waals surface area (Å²) in [6.07, 6.45) is 3.02. The van der Waals surface area contributed by atoms with E-state index in [1.54, 1.807) is 19.1 Å². The third kappa shape index (κ3) is 3.86. The number of rotatable bonds is 2. The number of hydrogen-bond acceptors (Lipinski definition) is 2. The summed E-state index contributed by atoms with van der Waals surface area (Å²) >= 11 is 0. The molecular formula is C18H14O2. The third-order valence-corrected chi connectivity index (χ3v) is 2.52. The summed E-state index contributed by atoms with van der Waals surface area (Å²) in [4.78, 5) is 11.5. The van der Waals surface area contributed by atoms with Crippen LogP contribution in [0.3, 0.4) is 0 Å². The molecule has 0 aliphatic carbocycles. The largest absolute Gasteiger partial charge is 0.422 e. The standard InChI is InChI=1S/C18H14O2/c1-2-8-18(19)20-17-12-7-6-11-16(17)14-13-15-9-4-3-5-10-15/h2-12H,1H3. The SMILES string of the molecule is CC=CC(=O)Oc1ccccc1C#Cc1ccccc1. The molecule has 2 rings (SSSR count). The second kappa shape index (κ2) is 6.96. The van der Waals surface area contributed by atoms with E-state index in [0.717, 1.165) is 5.56 Å². The Hall–Kier alpha value is -2.79. The molecule has 0 aliphatic heterocycles. The van der Waals surface area contributed by atoms with Gasteiger partial charge in [-0.15, -0.1) is 0 Å². The minimum absolute atomic E-state index is 0.401. The number of carbonyl (C=O) groups is 1. The lowest BCUT2D eigenvalue weighted by atomic mass is 10.1. The average Bonchev–Trinajstić information content (AvgIpc) is 2.48. The molecule has 0 saturated carbocycles. The minimum atomic E-state index is -0.401. The molecule has 0 atom stereocenters. The van der Waals surface area contributed by atoms with Crippen molar-refractivity contribution in [3.05, 3.63) is 77.9 Å². The van der Waals surface area contributed by atoms with Gasteiger partial charge in [-0.3, -0.25) is 0 Å². The molecular weight excluding hydrogens is 248 g/mol. The van der Waals surface area contributed by atoms with Crippen LogP contribution in [0.4, 0.5) is 0 Å². The number of para-hydroxylation sites is 1. The maximum atomic E-state index is 11.5. The fourth-order valence-corrected chi connectivity index (χ4v) is 1.60. The van der Waals surface area contributed by atoms with Crippen molar-refractivity contribution in [3.63, 3.8) is 0 Å². The number of ether oxygens (including phenoxy) is 1. The molecule has 20 heavy (non-hydrogen) atoms. The molecule has 0 spiro atoms. The molecule has 98 valence electrons. The van der Waals surface area contributed by atoms with Crippen LogP contribution >= 0.6 is 0 Å². The van der Waals surface area contributed by atoms with E-state index in [2.05, 4.69) is 11.8 Å². The van der Waals surface area contributed by atoms with Gasteiger partial charge in [0.15, 0.2) is 0 Å². The van der Waals surface area contributed by atoms with Crippen molar-refractivity contribution in [2.24, 2.45) is 0 Å². The summed E-state index contributed by atoms with van der Waals surface area (Å²) in [6, 6.07) is 16.9. The molecule has 0 bridgehead atoms. The maximum absolute atomic E-state index is 11.5. The highest BCUT2D eigenvalue weighted by molar-refractivity contribution is 5.84. The number of benzene rings is 2. The summed E-state index contributed by atoms with van der Waals surface area (Å²) in [5, 5.41) is 0. The summed E-state index contributed by atoms with van der Waals surface area (Å²) in [6.45, 7) is 1.77. The minimum Gasteiger partial charge on any atom is -0.422 e. The quantitative estimate of drug-likeness (QED) is 0.358. The van der Waals surface area contributed by atoms with Gasteiger partial charge in [0.25, 0.3) is 0 Å². The zero-order chi connectivity index (χ0) is 14.2. The van der Waals surface area contributed by atoms with Gasteiger partial charge >= 0.3 is 5.97 Å². The lowest BCUT2D eigenvalue weighted by molar-refractivity contribution is -0.129. The van der Waals surface area contributed by atoms with Crippen LogP contribution in [0.25, 0.3) is 0 Å². The number of hydrogen-bond donors (Lipinski definition) is 0. The van der Waals surface area contributed by atoms with Crippen LogP contribution < -0.4 is 4.74 Å². The molecule has 0 aromatic heterocycles. The van der Waals surface area contributed by atoms with E-state index in [9.17, 15) is 4.79 Å². The van der Waals surface area contributed by atoms with Gasteiger partial charge in [-0.1, -0.05) is 48.2 Å². The molecule has 0 unspecified atom stereocenters. The van der Waals surface area contributed by atoms with E-state index >= 15 is 0 Å². The van der Waals surface area contributed by atoms with Gasteiger partial charge < -0.3 is 4.74 Å². The Bertz CT molecular complexity index is 673. The second-order valence-electron chi connectivity index (χ2n) is 4.03. The summed E-state index contributed by atoms with van der Waals surface area (Å²) in [5.41, 5.74) is 1.61. The monoisotopic (exact) mass is 262 g/mol. The van der Waals surface area contributed by atoms with Crippen molar-refractivity contribution in [1.82, 2.24) is 0 Å². The van der Waals surface area contributed by atoms with Crippen LogP contribution in [0.2, 0.25) is 0 Å². The highest BCUT2D eigenvalue weighted by Crippen LogP contribution is 2.17. The lowest BCUT2D eigenvalue weighted by Gasteiger charge is -2.03. The normalized spacial score (nSPS) is 9.85. The summed E-state index contributed by atoms with van der Waals surface area (Å²) < 4.78 is 5.25. The second-order valence-corrected chi connectivity index (χ2v) is 4.03. The fraction of sp³-hybridized carbons (Fsp3) is 0.0556. The Morgan fingerprint density at radius 1 is 1.00 bits per heavy atom. The molecule has 2 nitrogen and oxygen atoms in total. The highest BCUT2D eigenvalue weighted by Gasteiger charge is 2.04. The smallest absolute Gasteiger partial charge is 0.335 e.